The number of nitrogens with zero attached hydrogens (tertiary/aromatic N) is 2. The van der Waals surface area contributed by atoms with E-state index in [1.54, 1.807) is 17.0 Å². The second-order valence-electron chi connectivity index (χ2n) is 7.49. The molecule has 1 aromatic carbocycles. The van der Waals surface area contributed by atoms with Gasteiger partial charge in [0, 0.05) is 24.8 Å². The van der Waals surface area contributed by atoms with Gasteiger partial charge in [0.1, 0.15) is 0 Å². The first-order chi connectivity index (χ1) is 11.9. The minimum absolute atomic E-state index is 0.0280. The fraction of sp³-hybridized carbons (Fsp3) is 0.471. The van der Waals surface area contributed by atoms with Gasteiger partial charge in [-0.05, 0) is 39.0 Å². The molecule has 2 heterocycles. The fourth-order valence-electron chi connectivity index (χ4n) is 2.93. The number of hydrogen-bond acceptors (Lipinski definition) is 6. The number of sulfone groups is 1. The van der Waals surface area contributed by atoms with Crippen molar-refractivity contribution < 1.29 is 18.0 Å². The van der Waals surface area contributed by atoms with Crippen LogP contribution in [0.2, 0.25) is 0 Å². The van der Waals surface area contributed by atoms with Gasteiger partial charge in [0.2, 0.25) is 11.8 Å². The van der Waals surface area contributed by atoms with E-state index in [1.807, 2.05) is 20.8 Å². The predicted molar refractivity (Wildman–Crippen MR) is 101 cm³/mol. The zero-order valence-corrected chi connectivity index (χ0v) is 16.7. The average molecular weight is 396 g/mol. The Hall–Kier alpha value is -2.00. The molecule has 2 aromatic rings. The average Bonchev–Trinajstić information content (AvgIpc) is 3.07. The van der Waals surface area contributed by atoms with Crippen LogP contribution >= 0.6 is 11.3 Å². The van der Waals surface area contributed by atoms with Gasteiger partial charge in [0.25, 0.3) is 0 Å². The molecule has 140 valence electrons. The summed E-state index contributed by atoms with van der Waals surface area (Å²) < 4.78 is 24.0. The monoisotopic (exact) mass is 395 g/mol. The maximum absolute atomic E-state index is 12.5. The van der Waals surface area contributed by atoms with E-state index < -0.39 is 15.8 Å². The van der Waals surface area contributed by atoms with Crippen molar-refractivity contribution in [3.63, 3.8) is 0 Å². The lowest BCUT2D eigenvalue weighted by Gasteiger charge is -2.31. The van der Waals surface area contributed by atoms with Gasteiger partial charge in [-0.15, -0.1) is 0 Å². The number of hydrogen-bond donors (Lipinski definition) is 1. The number of amides is 2. The molecule has 9 heteroatoms. The quantitative estimate of drug-likeness (QED) is 0.860. The second kappa shape index (κ2) is 6.31. The second-order valence-corrected chi connectivity index (χ2v) is 10.5. The molecule has 2 amide bonds. The molecule has 1 aromatic heterocycles. The topological polar surface area (TPSA) is 96.4 Å². The largest absolute Gasteiger partial charge is 0.337 e. The van der Waals surface area contributed by atoms with Crippen LogP contribution in [0, 0.1) is 5.92 Å². The summed E-state index contributed by atoms with van der Waals surface area (Å²) in [5, 5.41) is 3.16. The van der Waals surface area contributed by atoms with Gasteiger partial charge in [0.05, 0.1) is 21.0 Å². The highest BCUT2D eigenvalue weighted by Gasteiger charge is 2.39. The zero-order chi connectivity index (χ0) is 19.3. The third-order valence-corrected chi connectivity index (χ3v) is 6.37. The van der Waals surface area contributed by atoms with Gasteiger partial charge >= 0.3 is 0 Å². The number of carbonyl (C=O) groups is 2. The molecule has 0 unspecified atom stereocenters. The zero-order valence-electron chi connectivity index (χ0n) is 15.1. The SMILES string of the molecule is CC(C)(C)N1C[C@H](C(=O)Nc2nc3ccc(S(C)(=O)=O)cc3s2)CC1=O. The molecule has 7 nitrogen and oxygen atoms in total. The minimum atomic E-state index is -3.30. The van der Waals surface area contributed by atoms with Gasteiger partial charge in [-0.1, -0.05) is 11.3 Å². The minimum Gasteiger partial charge on any atom is -0.337 e. The maximum Gasteiger partial charge on any atom is 0.231 e. The third kappa shape index (κ3) is 3.73. The standard InChI is InChI=1S/C17H21N3O4S2/c1-17(2,3)20-9-10(7-14(20)21)15(22)19-16-18-12-6-5-11(26(4,23)24)8-13(12)25-16/h5-6,8,10H,7,9H2,1-4H3,(H,18,19,22)/t10-/m1/s1. The first-order valence-corrected chi connectivity index (χ1v) is 10.9. The van der Waals surface area contributed by atoms with Gasteiger partial charge in [-0.25, -0.2) is 13.4 Å². The number of carbonyl (C=O) groups excluding carboxylic acids is 2. The van der Waals surface area contributed by atoms with E-state index in [-0.39, 0.29) is 28.7 Å². The molecule has 26 heavy (non-hydrogen) atoms. The van der Waals surface area contributed by atoms with Crippen molar-refractivity contribution in [3.05, 3.63) is 18.2 Å². The summed E-state index contributed by atoms with van der Waals surface area (Å²) in [7, 11) is -3.30. The summed E-state index contributed by atoms with van der Waals surface area (Å²) in [5.74, 6) is -0.687. The molecule has 1 aliphatic rings. The maximum atomic E-state index is 12.5. The first-order valence-electron chi connectivity index (χ1n) is 8.17. The van der Waals surface area contributed by atoms with Crippen LogP contribution < -0.4 is 5.32 Å². The van der Waals surface area contributed by atoms with Crippen molar-refractivity contribution >= 4 is 48.3 Å². The molecule has 1 atom stereocenters. The number of thiazole rings is 1. The van der Waals surface area contributed by atoms with Crippen LogP contribution in [0.3, 0.4) is 0 Å². The molecule has 0 spiro atoms. The molecular formula is C17H21N3O4S2. The Kier molecular flexibility index (Phi) is 4.56. The molecule has 0 radical (unpaired) electrons. The predicted octanol–water partition coefficient (Wildman–Crippen LogP) is 2.29. The summed E-state index contributed by atoms with van der Waals surface area (Å²) in [6.45, 7) is 6.21. The Morgan fingerprint density at radius 2 is 2.04 bits per heavy atom. The number of rotatable bonds is 3. The van der Waals surface area contributed by atoms with E-state index in [4.69, 9.17) is 0 Å². The van der Waals surface area contributed by atoms with E-state index >= 15 is 0 Å². The number of fused-ring (bicyclic) bond motifs is 1. The summed E-state index contributed by atoms with van der Waals surface area (Å²) >= 11 is 1.22. The number of benzene rings is 1. The number of likely N-dealkylation sites (tertiary alicyclic amines) is 1. The number of aromatic nitrogens is 1. The first kappa shape index (κ1) is 18.8. The molecule has 1 N–H and O–H groups in total. The van der Waals surface area contributed by atoms with Gasteiger partial charge < -0.3 is 10.2 Å². The summed E-state index contributed by atoms with van der Waals surface area (Å²) in [5.41, 5.74) is 0.306. The van der Waals surface area contributed by atoms with E-state index in [9.17, 15) is 18.0 Å². The lowest BCUT2D eigenvalue weighted by molar-refractivity contribution is -0.131. The molecule has 0 aliphatic carbocycles. The molecule has 0 bridgehead atoms. The van der Waals surface area contributed by atoms with Crippen LogP contribution in [-0.2, 0) is 19.4 Å². The molecule has 1 fully saturated rings. The van der Waals surface area contributed by atoms with Crippen molar-refractivity contribution in [1.29, 1.82) is 0 Å². The number of nitrogens with one attached hydrogen (secondary N) is 1. The number of anilines is 1. The Morgan fingerprint density at radius 1 is 1.35 bits per heavy atom. The summed E-state index contributed by atoms with van der Waals surface area (Å²) in [4.78, 5) is 30.9. The van der Waals surface area contributed by atoms with Crippen molar-refractivity contribution in [2.75, 3.05) is 18.1 Å². The van der Waals surface area contributed by atoms with Gasteiger partial charge in [-0.2, -0.15) is 0 Å². The lowest BCUT2D eigenvalue weighted by Crippen LogP contribution is -2.42. The Labute approximate surface area is 156 Å². The molecule has 0 saturated carbocycles. The van der Waals surface area contributed by atoms with Crippen LogP contribution in [0.1, 0.15) is 27.2 Å². The smallest absolute Gasteiger partial charge is 0.231 e. The molecule has 3 rings (SSSR count). The summed E-state index contributed by atoms with van der Waals surface area (Å²) in [6, 6.07) is 4.68. The fourth-order valence-corrected chi connectivity index (χ4v) is 4.56. The van der Waals surface area contributed by atoms with Crippen molar-refractivity contribution in [1.82, 2.24) is 9.88 Å². The van der Waals surface area contributed by atoms with E-state index in [2.05, 4.69) is 10.3 Å². The van der Waals surface area contributed by atoms with Crippen molar-refractivity contribution in [2.24, 2.45) is 5.92 Å². The molecular weight excluding hydrogens is 374 g/mol. The molecule has 1 saturated heterocycles. The van der Waals surface area contributed by atoms with E-state index in [0.29, 0.717) is 21.9 Å². The van der Waals surface area contributed by atoms with Crippen LogP contribution in [0.4, 0.5) is 5.13 Å². The normalized spacial score (nSPS) is 18.5. The van der Waals surface area contributed by atoms with Gasteiger partial charge in [0.15, 0.2) is 15.0 Å². The van der Waals surface area contributed by atoms with Crippen LogP contribution in [-0.4, -0.2) is 48.5 Å². The van der Waals surface area contributed by atoms with E-state index in [0.717, 1.165) is 6.26 Å². The third-order valence-electron chi connectivity index (χ3n) is 4.32. The summed E-state index contributed by atoms with van der Waals surface area (Å²) in [6.07, 6.45) is 1.34. The Bertz CT molecular complexity index is 989. The molecule has 1 aliphatic heterocycles. The van der Waals surface area contributed by atoms with Crippen LogP contribution in [0.15, 0.2) is 23.1 Å². The Balaban J connectivity index is 1.77. The van der Waals surface area contributed by atoms with Crippen molar-refractivity contribution in [2.45, 2.75) is 37.6 Å². The Morgan fingerprint density at radius 3 is 2.62 bits per heavy atom. The van der Waals surface area contributed by atoms with E-state index in [1.165, 1.54) is 17.4 Å². The van der Waals surface area contributed by atoms with Crippen LogP contribution in [0.5, 0.6) is 0 Å². The highest BCUT2D eigenvalue weighted by atomic mass is 32.2. The van der Waals surface area contributed by atoms with Crippen LogP contribution in [0.25, 0.3) is 10.2 Å². The van der Waals surface area contributed by atoms with Gasteiger partial charge in [-0.3, -0.25) is 9.59 Å². The lowest BCUT2D eigenvalue weighted by atomic mass is 10.1. The highest BCUT2D eigenvalue weighted by Crippen LogP contribution is 2.30. The van der Waals surface area contributed by atoms with Crippen molar-refractivity contribution in [3.8, 4) is 0 Å². The highest BCUT2D eigenvalue weighted by molar-refractivity contribution is 7.90.